The van der Waals surface area contributed by atoms with Crippen molar-refractivity contribution >= 4 is 6.21 Å². The second kappa shape index (κ2) is 1.72. The molecule has 1 atom stereocenters. The van der Waals surface area contributed by atoms with Gasteiger partial charge in [-0.2, -0.15) is 0 Å². The maximum absolute atomic E-state index is 11.0. The third-order valence-electron chi connectivity index (χ3n) is 2.40. The van der Waals surface area contributed by atoms with E-state index in [1.54, 1.807) is 6.21 Å². The Morgan fingerprint density at radius 2 is 2.22 bits per heavy atom. The second-order valence-electron chi connectivity index (χ2n) is 3.30. The summed E-state index contributed by atoms with van der Waals surface area (Å²) >= 11 is 0. The normalized spacial score (nSPS) is 32.3. The molecule has 0 bridgehead atoms. The van der Waals surface area contributed by atoms with Gasteiger partial charge in [0.05, 0.1) is 0 Å². The SMILES string of the molecule is C[C@H]1CC=[N+]([O-])C1(C)C. The number of hydrogen-bond donors (Lipinski definition) is 0. The monoisotopic (exact) mass is 127 g/mol. The van der Waals surface area contributed by atoms with Gasteiger partial charge in [0.1, 0.15) is 0 Å². The predicted molar refractivity (Wildman–Crippen MR) is 37.6 cm³/mol. The summed E-state index contributed by atoms with van der Waals surface area (Å²) in [6.45, 7) is 6.07. The molecular weight excluding hydrogens is 114 g/mol. The van der Waals surface area contributed by atoms with Gasteiger partial charge in [-0.3, -0.25) is 0 Å². The average molecular weight is 127 g/mol. The molecule has 0 fully saturated rings. The van der Waals surface area contributed by atoms with Crippen molar-refractivity contribution in [2.75, 3.05) is 0 Å². The predicted octanol–water partition coefficient (Wildman–Crippen LogP) is 1.39. The van der Waals surface area contributed by atoms with Crippen LogP contribution in [0.5, 0.6) is 0 Å². The lowest BCUT2D eigenvalue weighted by Crippen LogP contribution is -2.33. The lowest BCUT2D eigenvalue weighted by molar-refractivity contribution is -0.535. The van der Waals surface area contributed by atoms with Crippen molar-refractivity contribution in [1.82, 2.24) is 0 Å². The zero-order valence-electron chi connectivity index (χ0n) is 6.22. The van der Waals surface area contributed by atoms with Crippen molar-refractivity contribution in [1.29, 1.82) is 0 Å². The summed E-state index contributed by atoms with van der Waals surface area (Å²) in [5, 5.41) is 11.0. The van der Waals surface area contributed by atoms with Gasteiger partial charge >= 0.3 is 0 Å². The second-order valence-corrected chi connectivity index (χ2v) is 3.30. The van der Waals surface area contributed by atoms with Gasteiger partial charge in [0, 0.05) is 26.2 Å². The minimum Gasteiger partial charge on any atom is -0.624 e. The highest BCUT2D eigenvalue weighted by atomic mass is 16.5. The Hall–Kier alpha value is -0.530. The third-order valence-corrected chi connectivity index (χ3v) is 2.40. The van der Waals surface area contributed by atoms with E-state index in [4.69, 9.17) is 0 Å². The maximum Gasteiger partial charge on any atom is 0.170 e. The summed E-state index contributed by atoms with van der Waals surface area (Å²) in [4.78, 5) is 0. The summed E-state index contributed by atoms with van der Waals surface area (Å²) in [5.41, 5.74) is -0.167. The van der Waals surface area contributed by atoms with Crippen molar-refractivity contribution in [2.24, 2.45) is 5.92 Å². The molecule has 2 heteroatoms. The van der Waals surface area contributed by atoms with Crippen LogP contribution in [0.25, 0.3) is 0 Å². The molecule has 52 valence electrons. The zero-order chi connectivity index (χ0) is 7.07. The third kappa shape index (κ3) is 0.824. The van der Waals surface area contributed by atoms with Crippen molar-refractivity contribution in [2.45, 2.75) is 32.7 Å². The molecular formula is C7H13NO. The molecule has 0 saturated carbocycles. The van der Waals surface area contributed by atoms with E-state index >= 15 is 0 Å². The van der Waals surface area contributed by atoms with E-state index in [1.165, 1.54) is 0 Å². The zero-order valence-corrected chi connectivity index (χ0v) is 6.22. The van der Waals surface area contributed by atoms with Gasteiger partial charge < -0.3 is 5.21 Å². The number of nitrogens with zero attached hydrogens (tertiary/aromatic N) is 1. The minimum absolute atomic E-state index is 0.167. The van der Waals surface area contributed by atoms with Crippen LogP contribution in [0.2, 0.25) is 0 Å². The van der Waals surface area contributed by atoms with Gasteiger partial charge in [-0.25, -0.2) is 4.74 Å². The minimum atomic E-state index is -0.167. The molecule has 0 radical (unpaired) electrons. The number of rotatable bonds is 0. The molecule has 2 nitrogen and oxygen atoms in total. The van der Waals surface area contributed by atoms with Crippen molar-refractivity contribution in [3.8, 4) is 0 Å². The Kier molecular flexibility index (Phi) is 1.26. The van der Waals surface area contributed by atoms with Crippen LogP contribution < -0.4 is 0 Å². The molecule has 0 aromatic rings. The molecule has 1 heterocycles. The Labute approximate surface area is 55.8 Å². The van der Waals surface area contributed by atoms with Crippen molar-refractivity contribution in [3.05, 3.63) is 5.21 Å². The highest BCUT2D eigenvalue weighted by Crippen LogP contribution is 2.26. The lowest BCUT2D eigenvalue weighted by Gasteiger charge is -2.22. The molecule has 0 aromatic heterocycles. The van der Waals surface area contributed by atoms with Gasteiger partial charge in [-0.05, 0) is 0 Å². The Bertz CT molecular complexity index is 149. The van der Waals surface area contributed by atoms with E-state index in [0.717, 1.165) is 11.2 Å². The van der Waals surface area contributed by atoms with Crippen LogP contribution >= 0.6 is 0 Å². The smallest absolute Gasteiger partial charge is 0.170 e. The van der Waals surface area contributed by atoms with Gasteiger partial charge in [-0.15, -0.1) is 0 Å². The fraction of sp³-hybridized carbons (Fsp3) is 0.857. The highest BCUT2D eigenvalue weighted by molar-refractivity contribution is 5.54. The van der Waals surface area contributed by atoms with Crippen LogP contribution in [0.1, 0.15) is 27.2 Å². The van der Waals surface area contributed by atoms with Crippen molar-refractivity contribution < 1.29 is 4.74 Å². The molecule has 0 N–H and O–H groups in total. The van der Waals surface area contributed by atoms with E-state index in [9.17, 15) is 5.21 Å². The van der Waals surface area contributed by atoms with E-state index in [1.807, 2.05) is 13.8 Å². The van der Waals surface area contributed by atoms with Gasteiger partial charge in [0.15, 0.2) is 11.8 Å². The molecule has 0 spiro atoms. The van der Waals surface area contributed by atoms with Crippen LogP contribution in [0.15, 0.2) is 0 Å². The molecule has 1 aliphatic rings. The fourth-order valence-corrected chi connectivity index (χ4v) is 0.995. The van der Waals surface area contributed by atoms with Crippen molar-refractivity contribution in [3.63, 3.8) is 0 Å². The molecule has 0 amide bonds. The Morgan fingerprint density at radius 3 is 2.33 bits per heavy atom. The van der Waals surface area contributed by atoms with Crippen LogP contribution in [0.3, 0.4) is 0 Å². The standard InChI is InChI=1S/C7H13NO/c1-6-4-5-8(9)7(6,2)3/h5-6H,4H2,1-3H3/t6-/m0/s1. The number of hydrogen-bond acceptors (Lipinski definition) is 1. The molecule has 0 unspecified atom stereocenters. The van der Waals surface area contributed by atoms with Gasteiger partial charge in [0.2, 0.25) is 0 Å². The van der Waals surface area contributed by atoms with E-state index in [-0.39, 0.29) is 5.54 Å². The van der Waals surface area contributed by atoms with E-state index in [2.05, 4.69) is 6.92 Å². The molecule has 1 rings (SSSR count). The Morgan fingerprint density at radius 1 is 1.67 bits per heavy atom. The number of hydroxylamine groups is 1. The van der Waals surface area contributed by atoms with E-state index < -0.39 is 0 Å². The van der Waals surface area contributed by atoms with Crippen LogP contribution in [-0.4, -0.2) is 16.5 Å². The average Bonchev–Trinajstić information content (AvgIpc) is 1.96. The Balaban J connectivity index is 2.81. The first-order chi connectivity index (χ1) is 4.05. The molecule has 0 aliphatic carbocycles. The quantitative estimate of drug-likeness (QED) is 0.356. The molecule has 0 aromatic carbocycles. The van der Waals surface area contributed by atoms with Crippen LogP contribution in [0, 0.1) is 11.1 Å². The lowest BCUT2D eigenvalue weighted by atomic mass is 9.91. The van der Waals surface area contributed by atoms with Crippen LogP contribution in [0.4, 0.5) is 0 Å². The molecule has 0 saturated heterocycles. The maximum atomic E-state index is 11.0. The first-order valence-corrected chi connectivity index (χ1v) is 3.35. The first-order valence-electron chi connectivity index (χ1n) is 3.35. The van der Waals surface area contributed by atoms with E-state index in [0.29, 0.717) is 5.92 Å². The van der Waals surface area contributed by atoms with Gasteiger partial charge in [-0.1, -0.05) is 6.92 Å². The summed E-state index contributed by atoms with van der Waals surface area (Å²) in [7, 11) is 0. The molecule has 9 heavy (non-hydrogen) atoms. The molecule has 1 aliphatic heterocycles. The van der Waals surface area contributed by atoms with Crippen LogP contribution in [-0.2, 0) is 0 Å². The summed E-state index contributed by atoms with van der Waals surface area (Å²) in [6, 6.07) is 0. The first kappa shape index (κ1) is 6.59. The fourth-order valence-electron chi connectivity index (χ4n) is 0.995. The summed E-state index contributed by atoms with van der Waals surface area (Å²) < 4.78 is 1.07. The summed E-state index contributed by atoms with van der Waals surface area (Å²) in [5.74, 6) is 0.495. The topological polar surface area (TPSA) is 26.1 Å². The highest BCUT2D eigenvalue weighted by Gasteiger charge is 2.38. The largest absolute Gasteiger partial charge is 0.624 e. The van der Waals surface area contributed by atoms with Gasteiger partial charge in [0.25, 0.3) is 0 Å². The summed E-state index contributed by atoms with van der Waals surface area (Å²) in [6.07, 6.45) is 2.65.